The third-order valence-electron chi connectivity index (χ3n) is 4.20. The normalized spacial score (nSPS) is 47.3. The molecule has 0 aliphatic heterocycles. The Morgan fingerprint density at radius 2 is 2.21 bits per heavy atom. The molecule has 0 aromatic heterocycles. The summed E-state index contributed by atoms with van der Waals surface area (Å²) in [4.78, 5) is 0. The lowest BCUT2D eigenvalue weighted by atomic mass is 9.72. The topological polar surface area (TPSA) is 0 Å². The second-order valence-corrected chi connectivity index (χ2v) is 6.34. The smallest absolute Gasteiger partial charge is 0.0218 e. The number of fused-ring (bicyclic) bond motifs is 1. The van der Waals surface area contributed by atoms with E-state index in [1.807, 2.05) is 0 Å². The number of alkyl halides is 1. The van der Waals surface area contributed by atoms with Crippen LogP contribution < -0.4 is 0 Å². The highest BCUT2D eigenvalue weighted by Gasteiger charge is 2.48. The van der Waals surface area contributed by atoms with Crippen LogP contribution in [0.1, 0.15) is 19.3 Å². The van der Waals surface area contributed by atoms with Crippen molar-refractivity contribution in [2.75, 3.05) is 5.33 Å². The number of halogens is 2. The van der Waals surface area contributed by atoms with Crippen LogP contribution in [0.3, 0.4) is 0 Å². The number of hydrogen-bond donors (Lipinski definition) is 0. The highest BCUT2D eigenvalue weighted by atomic mass is 79.9. The van der Waals surface area contributed by atoms with Crippen molar-refractivity contribution in [3.05, 3.63) is 22.2 Å². The predicted octanol–water partition coefficient (Wildman–Crippen LogP) is 4.26. The second kappa shape index (κ2) is 3.48. The van der Waals surface area contributed by atoms with E-state index in [9.17, 15) is 0 Å². The molecule has 0 heterocycles. The minimum absolute atomic E-state index is 0.871. The van der Waals surface area contributed by atoms with Gasteiger partial charge in [0.05, 0.1) is 0 Å². The zero-order valence-corrected chi connectivity index (χ0v) is 11.2. The van der Waals surface area contributed by atoms with Crippen molar-refractivity contribution in [2.24, 2.45) is 23.7 Å². The Bertz CT molecular complexity index is 316. The van der Waals surface area contributed by atoms with Gasteiger partial charge in [0, 0.05) is 9.81 Å². The minimum atomic E-state index is 0.871. The highest BCUT2D eigenvalue weighted by Crippen LogP contribution is 2.59. The quantitative estimate of drug-likeness (QED) is 0.634. The molecule has 3 aliphatic rings. The summed E-state index contributed by atoms with van der Waals surface area (Å²) in [6.07, 6.45) is 9.21. The van der Waals surface area contributed by atoms with Crippen molar-refractivity contribution in [1.82, 2.24) is 0 Å². The largest absolute Gasteiger partial charge is 0.0883 e. The van der Waals surface area contributed by atoms with Gasteiger partial charge in [-0.1, -0.05) is 44.0 Å². The molecule has 3 rings (SSSR count). The summed E-state index contributed by atoms with van der Waals surface area (Å²) in [5.41, 5.74) is 1.57. The Morgan fingerprint density at radius 3 is 2.93 bits per heavy atom. The summed E-state index contributed by atoms with van der Waals surface area (Å²) in [6, 6.07) is 0. The molecule has 0 amide bonds. The van der Waals surface area contributed by atoms with Crippen LogP contribution in [-0.4, -0.2) is 5.33 Å². The molecule has 0 spiro atoms. The summed E-state index contributed by atoms with van der Waals surface area (Å²) in [6.45, 7) is 0. The molecule has 2 fully saturated rings. The molecule has 2 saturated carbocycles. The van der Waals surface area contributed by atoms with Gasteiger partial charge in [-0.25, -0.2) is 0 Å². The Morgan fingerprint density at radius 1 is 1.36 bits per heavy atom. The molecular formula is C12H14Br2. The molecule has 0 nitrogen and oxygen atoms in total. The van der Waals surface area contributed by atoms with Crippen LogP contribution in [0.4, 0.5) is 0 Å². The van der Waals surface area contributed by atoms with Crippen LogP contribution >= 0.6 is 31.9 Å². The molecule has 2 heteroatoms. The Balaban J connectivity index is 2.01. The van der Waals surface area contributed by atoms with E-state index in [1.165, 1.54) is 23.7 Å². The lowest BCUT2D eigenvalue weighted by Gasteiger charge is -2.34. The zero-order chi connectivity index (χ0) is 9.71. The monoisotopic (exact) mass is 316 g/mol. The van der Waals surface area contributed by atoms with E-state index in [0.717, 1.165) is 29.0 Å². The van der Waals surface area contributed by atoms with E-state index in [1.54, 1.807) is 5.57 Å². The van der Waals surface area contributed by atoms with Crippen molar-refractivity contribution in [3.8, 4) is 0 Å². The van der Waals surface area contributed by atoms with E-state index in [-0.39, 0.29) is 0 Å². The summed E-state index contributed by atoms with van der Waals surface area (Å²) in [5.74, 6) is 3.77. The van der Waals surface area contributed by atoms with E-state index in [0.29, 0.717) is 0 Å². The summed E-state index contributed by atoms with van der Waals surface area (Å²) in [7, 11) is 0. The summed E-state index contributed by atoms with van der Waals surface area (Å²) < 4.78 is 1.38. The SMILES string of the molecule is BrC/C=C1\C(Br)=CC2CC3CC1C2C3. The van der Waals surface area contributed by atoms with Crippen molar-refractivity contribution in [2.45, 2.75) is 19.3 Å². The fourth-order valence-corrected chi connectivity index (χ4v) is 4.89. The first kappa shape index (κ1) is 9.65. The molecule has 0 aromatic rings. The number of rotatable bonds is 1. The van der Waals surface area contributed by atoms with Crippen molar-refractivity contribution < 1.29 is 0 Å². The molecule has 76 valence electrons. The van der Waals surface area contributed by atoms with E-state index in [2.05, 4.69) is 44.0 Å². The molecule has 4 atom stereocenters. The first-order chi connectivity index (χ1) is 6.79. The predicted molar refractivity (Wildman–Crippen MR) is 66.7 cm³/mol. The lowest BCUT2D eigenvalue weighted by Crippen LogP contribution is -2.25. The van der Waals surface area contributed by atoms with E-state index >= 15 is 0 Å². The third-order valence-corrected chi connectivity index (χ3v) is 5.24. The Labute approximate surface area is 102 Å². The molecule has 0 saturated heterocycles. The van der Waals surface area contributed by atoms with Crippen LogP contribution in [0, 0.1) is 23.7 Å². The van der Waals surface area contributed by atoms with Crippen molar-refractivity contribution in [1.29, 1.82) is 0 Å². The van der Waals surface area contributed by atoms with E-state index < -0.39 is 0 Å². The maximum Gasteiger partial charge on any atom is 0.0218 e. The van der Waals surface area contributed by atoms with Gasteiger partial charge in [0.1, 0.15) is 0 Å². The van der Waals surface area contributed by atoms with Crippen LogP contribution in [0.25, 0.3) is 0 Å². The summed E-state index contributed by atoms with van der Waals surface area (Å²) in [5, 5.41) is 0.990. The van der Waals surface area contributed by atoms with Crippen LogP contribution in [0.15, 0.2) is 22.2 Å². The molecular weight excluding hydrogens is 304 g/mol. The van der Waals surface area contributed by atoms with E-state index in [4.69, 9.17) is 0 Å². The zero-order valence-electron chi connectivity index (χ0n) is 8.05. The van der Waals surface area contributed by atoms with Crippen LogP contribution in [-0.2, 0) is 0 Å². The van der Waals surface area contributed by atoms with Gasteiger partial charge in [-0.15, -0.1) is 0 Å². The van der Waals surface area contributed by atoms with Gasteiger partial charge in [-0.05, 0) is 48.5 Å². The molecule has 4 unspecified atom stereocenters. The maximum atomic E-state index is 3.73. The van der Waals surface area contributed by atoms with Gasteiger partial charge in [0.25, 0.3) is 0 Å². The fraction of sp³-hybridized carbons (Fsp3) is 0.667. The maximum absolute atomic E-state index is 3.73. The first-order valence-electron chi connectivity index (χ1n) is 5.43. The molecule has 14 heavy (non-hydrogen) atoms. The minimum Gasteiger partial charge on any atom is -0.0883 e. The molecule has 0 aromatic carbocycles. The van der Waals surface area contributed by atoms with Crippen molar-refractivity contribution >= 4 is 31.9 Å². The van der Waals surface area contributed by atoms with Gasteiger partial charge in [0.2, 0.25) is 0 Å². The molecule has 3 aliphatic carbocycles. The van der Waals surface area contributed by atoms with Gasteiger partial charge in [-0.3, -0.25) is 0 Å². The lowest BCUT2D eigenvalue weighted by molar-refractivity contribution is 0.303. The third kappa shape index (κ3) is 1.30. The average Bonchev–Trinajstić information content (AvgIpc) is 2.70. The Hall–Kier alpha value is 0.440. The average molecular weight is 318 g/mol. The molecule has 0 radical (unpaired) electrons. The highest BCUT2D eigenvalue weighted by molar-refractivity contribution is 9.12. The van der Waals surface area contributed by atoms with Crippen LogP contribution in [0.2, 0.25) is 0 Å². The fourth-order valence-electron chi connectivity index (χ4n) is 3.75. The number of hydrogen-bond acceptors (Lipinski definition) is 0. The summed E-state index contributed by atoms with van der Waals surface area (Å²) >= 11 is 7.24. The standard InChI is InChI=1S/C12H14Br2/c13-2-1-9-11-5-7-3-8(6-12(9)14)10(11)4-7/h1,6-8,10-11H,2-5H2/b9-1-. The van der Waals surface area contributed by atoms with Crippen LogP contribution in [0.5, 0.6) is 0 Å². The van der Waals surface area contributed by atoms with Gasteiger partial charge >= 0.3 is 0 Å². The van der Waals surface area contributed by atoms with Gasteiger partial charge < -0.3 is 0 Å². The first-order valence-corrected chi connectivity index (χ1v) is 7.34. The van der Waals surface area contributed by atoms with Gasteiger partial charge in [-0.2, -0.15) is 0 Å². The van der Waals surface area contributed by atoms with Crippen molar-refractivity contribution in [3.63, 3.8) is 0 Å². The Kier molecular flexibility index (Phi) is 2.40. The second-order valence-electron chi connectivity index (χ2n) is 4.84. The number of allylic oxidation sites excluding steroid dienone is 4. The van der Waals surface area contributed by atoms with Gasteiger partial charge in [0.15, 0.2) is 0 Å². The molecule has 0 N–H and O–H groups in total. The molecule has 2 bridgehead atoms.